The minimum atomic E-state index is -0.872. The van der Waals surface area contributed by atoms with E-state index in [2.05, 4.69) is 19.1 Å². The first kappa shape index (κ1) is 21.3. The van der Waals surface area contributed by atoms with E-state index >= 15 is 0 Å². The van der Waals surface area contributed by atoms with Crippen LogP contribution in [0.2, 0.25) is 0 Å². The van der Waals surface area contributed by atoms with Gasteiger partial charge in [-0.2, -0.15) is 0 Å². The predicted octanol–water partition coefficient (Wildman–Crippen LogP) is 5.07. The largest absolute Gasteiger partial charge is 0.368 e. The Labute approximate surface area is 178 Å². The molecule has 0 aromatic heterocycles. The van der Waals surface area contributed by atoms with Gasteiger partial charge in [-0.1, -0.05) is 86.1 Å². The van der Waals surface area contributed by atoms with Crippen molar-refractivity contribution in [3.05, 3.63) is 107 Å². The van der Waals surface area contributed by atoms with Crippen molar-refractivity contribution in [2.75, 3.05) is 0 Å². The minimum absolute atomic E-state index is 0.225. The van der Waals surface area contributed by atoms with Crippen LogP contribution in [0.15, 0.2) is 84.9 Å². The normalized spacial score (nSPS) is 12.7. The number of rotatable bonds is 8. The van der Waals surface area contributed by atoms with Crippen LogP contribution in [-0.4, -0.2) is 16.7 Å². The number of aryl methyl sites for hydroxylation is 1. The van der Waals surface area contributed by atoms with Crippen LogP contribution in [-0.2, 0) is 11.2 Å². The number of nitrogens with zero attached hydrogens (tertiary/aromatic N) is 1. The maximum atomic E-state index is 13.6. The summed E-state index contributed by atoms with van der Waals surface area (Å²) in [6.45, 7) is 4.09. The number of amides is 2. The van der Waals surface area contributed by atoms with Crippen LogP contribution >= 0.6 is 0 Å². The van der Waals surface area contributed by atoms with Gasteiger partial charge in [0.05, 0.1) is 6.04 Å². The van der Waals surface area contributed by atoms with Crippen LogP contribution in [0.3, 0.4) is 0 Å². The summed E-state index contributed by atoms with van der Waals surface area (Å²) in [7, 11) is 0. The standard InChI is InChI=1S/C26H28N2O2/c1-3-11-20-12-10-17-23(18-20)19(2)28(26(30)22-15-8-5-9-16-22)24(25(27)29)21-13-6-4-7-14-21/h4-10,12-19,24H,3,11H2,1-2H3,(H2,27,29)/t19-,24-/m1/s1. The maximum absolute atomic E-state index is 13.6. The summed E-state index contributed by atoms with van der Waals surface area (Å²) >= 11 is 0. The van der Waals surface area contributed by atoms with E-state index in [0.29, 0.717) is 11.1 Å². The molecule has 0 aliphatic carbocycles. The van der Waals surface area contributed by atoms with Gasteiger partial charge in [0.15, 0.2) is 0 Å². The third kappa shape index (κ3) is 4.77. The molecule has 0 aliphatic heterocycles. The first-order chi connectivity index (χ1) is 14.5. The fourth-order valence-electron chi connectivity index (χ4n) is 3.80. The van der Waals surface area contributed by atoms with Crippen LogP contribution in [0.1, 0.15) is 59.4 Å². The van der Waals surface area contributed by atoms with Crippen LogP contribution in [0.4, 0.5) is 0 Å². The van der Waals surface area contributed by atoms with Gasteiger partial charge in [-0.3, -0.25) is 9.59 Å². The monoisotopic (exact) mass is 400 g/mol. The zero-order chi connectivity index (χ0) is 21.5. The Morgan fingerprint density at radius 2 is 1.47 bits per heavy atom. The molecule has 3 rings (SSSR count). The molecule has 0 fully saturated rings. The summed E-state index contributed by atoms with van der Waals surface area (Å²) in [6.07, 6.45) is 2.00. The molecule has 3 aromatic rings. The average molecular weight is 401 g/mol. The third-order valence-electron chi connectivity index (χ3n) is 5.31. The maximum Gasteiger partial charge on any atom is 0.255 e. The molecule has 0 saturated heterocycles. The van der Waals surface area contributed by atoms with E-state index in [1.807, 2.05) is 67.6 Å². The third-order valence-corrected chi connectivity index (χ3v) is 5.31. The molecule has 0 bridgehead atoms. The smallest absolute Gasteiger partial charge is 0.255 e. The number of hydrogen-bond donors (Lipinski definition) is 1. The van der Waals surface area contributed by atoms with E-state index in [1.165, 1.54) is 5.56 Å². The summed E-state index contributed by atoms with van der Waals surface area (Å²) in [5, 5.41) is 0. The lowest BCUT2D eigenvalue weighted by Crippen LogP contribution is -2.43. The van der Waals surface area contributed by atoms with E-state index in [9.17, 15) is 9.59 Å². The predicted molar refractivity (Wildman–Crippen MR) is 120 cm³/mol. The van der Waals surface area contributed by atoms with Crippen LogP contribution in [0.5, 0.6) is 0 Å². The Hall–Kier alpha value is -3.40. The van der Waals surface area contributed by atoms with Crippen LogP contribution < -0.4 is 5.73 Å². The number of hydrogen-bond acceptors (Lipinski definition) is 2. The Balaban J connectivity index is 2.10. The van der Waals surface area contributed by atoms with Crippen molar-refractivity contribution in [1.82, 2.24) is 4.90 Å². The summed E-state index contributed by atoms with van der Waals surface area (Å²) in [5.74, 6) is -0.779. The van der Waals surface area contributed by atoms with Gasteiger partial charge in [-0.15, -0.1) is 0 Å². The molecule has 30 heavy (non-hydrogen) atoms. The Kier molecular flexibility index (Phi) is 7.02. The van der Waals surface area contributed by atoms with Gasteiger partial charge in [0.2, 0.25) is 5.91 Å². The molecule has 2 amide bonds. The van der Waals surface area contributed by atoms with Crippen molar-refractivity contribution in [3.63, 3.8) is 0 Å². The molecule has 3 aromatic carbocycles. The quantitative estimate of drug-likeness (QED) is 0.574. The van der Waals surface area contributed by atoms with Gasteiger partial charge >= 0.3 is 0 Å². The second-order valence-electron chi connectivity index (χ2n) is 7.47. The molecule has 0 heterocycles. The number of carbonyl (C=O) groups excluding carboxylic acids is 2. The first-order valence-corrected chi connectivity index (χ1v) is 10.3. The van der Waals surface area contributed by atoms with Crippen molar-refractivity contribution < 1.29 is 9.59 Å². The van der Waals surface area contributed by atoms with Crippen molar-refractivity contribution >= 4 is 11.8 Å². The minimum Gasteiger partial charge on any atom is -0.368 e. The van der Waals surface area contributed by atoms with Gasteiger partial charge < -0.3 is 10.6 Å². The highest BCUT2D eigenvalue weighted by Gasteiger charge is 2.34. The van der Waals surface area contributed by atoms with E-state index < -0.39 is 11.9 Å². The summed E-state index contributed by atoms with van der Waals surface area (Å²) in [6, 6.07) is 25.3. The molecule has 4 nitrogen and oxygen atoms in total. The van der Waals surface area contributed by atoms with Gasteiger partial charge in [0.1, 0.15) is 6.04 Å². The SMILES string of the molecule is CCCc1cccc([C@@H](C)N(C(=O)c2ccccc2)[C@@H](C(N)=O)c2ccccc2)c1. The highest BCUT2D eigenvalue weighted by molar-refractivity contribution is 5.98. The number of primary amides is 1. The van der Waals surface area contributed by atoms with Gasteiger partial charge in [0.25, 0.3) is 5.91 Å². The fraction of sp³-hybridized carbons (Fsp3) is 0.231. The van der Waals surface area contributed by atoms with Gasteiger partial charge in [-0.05, 0) is 42.2 Å². The van der Waals surface area contributed by atoms with E-state index in [-0.39, 0.29) is 11.9 Å². The average Bonchev–Trinajstić information content (AvgIpc) is 2.78. The molecule has 2 N–H and O–H groups in total. The van der Waals surface area contributed by atoms with Crippen molar-refractivity contribution in [2.45, 2.75) is 38.8 Å². The second-order valence-corrected chi connectivity index (χ2v) is 7.47. The van der Waals surface area contributed by atoms with Gasteiger partial charge in [0, 0.05) is 5.56 Å². The lowest BCUT2D eigenvalue weighted by Gasteiger charge is -2.36. The van der Waals surface area contributed by atoms with Crippen molar-refractivity contribution in [1.29, 1.82) is 0 Å². The molecule has 4 heteroatoms. The molecule has 0 radical (unpaired) electrons. The summed E-state index contributed by atoms with van der Waals surface area (Å²) in [5.41, 5.74) is 9.26. The Bertz CT molecular complexity index is 986. The van der Waals surface area contributed by atoms with Crippen LogP contribution in [0, 0.1) is 0 Å². The fourth-order valence-corrected chi connectivity index (χ4v) is 3.80. The Morgan fingerprint density at radius 1 is 0.867 bits per heavy atom. The lowest BCUT2D eigenvalue weighted by molar-refractivity contribution is -0.123. The molecule has 0 saturated carbocycles. The highest BCUT2D eigenvalue weighted by atomic mass is 16.2. The van der Waals surface area contributed by atoms with Gasteiger partial charge in [-0.25, -0.2) is 0 Å². The summed E-state index contributed by atoms with van der Waals surface area (Å²) < 4.78 is 0. The topological polar surface area (TPSA) is 63.4 Å². The van der Waals surface area contributed by atoms with E-state index in [0.717, 1.165) is 18.4 Å². The molecular weight excluding hydrogens is 372 g/mol. The molecule has 0 aliphatic rings. The molecule has 154 valence electrons. The Morgan fingerprint density at radius 3 is 2.07 bits per heavy atom. The second kappa shape index (κ2) is 9.88. The number of nitrogens with two attached hydrogens (primary N) is 1. The zero-order valence-electron chi connectivity index (χ0n) is 17.5. The van der Waals surface area contributed by atoms with E-state index in [1.54, 1.807) is 17.0 Å². The number of benzene rings is 3. The summed E-state index contributed by atoms with van der Waals surface area (Å²) in [4.78, 5) is 27.8. The molecule has 2 atom stereocenters. The van der Waals surface area contributed by atoms with E-state index in [4.69, 9.17) is 5.73 Å². The molecular formula is C26H28N2O2. The first-order valence-electron chi connectivity index (χ1n) is 10.3. The number of carbonyl (C=O) groups is 2. The lowest BCUT2D eigenvalue weighted by atomic mass is 9.96. The molecule has 0 spiro atoms. The zero-order valence-corrected chi connectivity index (χ0v) is 17.5. The van der Waals surface area contributed by atoms with Crippen molar-refractivity contribution in [2.24, 2.45) is 5.73 Å². The highest BCUT2D eigenvalue weighted by Crippen LogP contribution is 2.33. The van der Waals surface area contributed by atoms with Crippen LogP contribution in [0.25, 0.3) is 0 Å². The molecule has 0 unspecified atom stereocenters. The van der Waals surface area contributed by atoms with Crippen molar-refractivity contribution in [3.8, 4) is 0 Å².